The van der Waals surface area contributed by atoms with Gasteiger partial charge in [-0.2, -0.15) is 5.10 Å². The van der Waals surface area contributed by atoms with Gasteiger partial charge in [-0.05, 0) is 44.2 Å². The molecule has 1 N–H and O–H groups in total. The highest BCUT2D eigenvalue weighted by Gasteiger charge is 2.20. The van der Waals surface area contributed by atoms with Gasteiger partial charge in [-0.3, -0.25) is 4.79 Å². The number of benzene rings is 1. The van der Waals surface area contributed by atoms with Gasteiger partial charge in [-0.25, -0.2) is 14.1 Å². The maximum absolute atomic E-state index is 14.2. The molecule has 0 saturated heterocycles. The first-order valence-corrected chi connectivity index (χ1v) is 9.01. The molecule has 28 heavy (non-hydrogen) atoms. The minimum atomic E-state index is -0.688. The van der Waals surface area contributed by atoms with Gasteiger partial charge in [-0.1, -0.05) is 17.7 Å². The Bertz CT molecular complexity index is 1170. The van der Waals surface area contributed by atoms with Gasteiger partial charge in [0.25, 0.3) is 5.91 Å². The fourth-order valence-corrected chi connectivity index (χ4v) is 3.10. The maximum Gasteiger partial charge on any atom is 0.256 e. The molecule has 3 aromatic heterocycles. The van der Waals surface area contributed by atoms with E-state index >= 15 is 0 Å². The number of hydrogen-bond donors (Lipinski definition) is 1. The lowest BCUT2D eigenvalue weighted by Gasteiger charge is -2.11. The Morgan fingerprint density at radius 3 is 2.82 bits per heavy atom. The smallest absolute Gasteiger partial charge is 0.256 e. The zero-order chi connectivity index (χ0) is 19.8. The van der Waals surface area contributed by atoms with Crippen LogP contribution in [0, 0.1) is 5.82 Å². The first-order chi connectivity index (χ1) is 13.5. The fraction of sp³-hybridized carbons (Fsp3) is 0.150. The zero-order valence-corrected chi connectivity index (χ0v) is 15.9. The molecular formula is C20H16ClFN4O2. The summed E-state index contributed by atoms with van der Waals surface area (Å²) in [5, 5.41) is 7.42. The van der Waals surface area contributed by atoms with E-state index < -0.39 is 11.7 Å². The predicted molar refractivity (Wildman–Crippen MR) is 105 cm³/mol. The third-order valence-corrected chi connectivity index (χ3v) is 4.57. The van der Waals surface area contributed by atoms with E-state index in [2.05, 4.69) is 15.4 Å². The van der Waals surface area contributed by atoms with Crippen LogP contribution in [0.5, 0.6) is 0 Å². The minimum absolute atomic E-state index is 0.00161. The topological polar surface area (TPSA) is 73.0 Å². The van der Waals surface area contributed by atoms with E-state index in [0.29, 0.717) is 28.1 Å². The van der Waals surface area contributed by atoms with Crippen LogP contribution in [0.25, 0.3) is 22.5 Å². The molecule has 4 rings (SSSR count). The van der Waals surface area contributed by atoms with Gasteiger partial charge in [0.1, 0.15) is 5.69 Å². The molecule has 0 unspecified atom stereocenters. The Morgan fingerprint density at radius 1 is 1.29 bits per heavy atom. The summed E-state index contributed by atoms with van der Waals surface area (Å²) in [7, 11) is 0. The second-order valence-electron chi connectivity index (χ2n) is 6.51. The van der Waals surface area contributed by atoms with Gasteiger partial charge >= 0.3 is 0 Å². The van der Waals surface area contributed by atoms with E-state index in [4.69, 9.17) is 16.0 Å². The van der Waals surface area contributed by atoms with Crippen LogP contribution in [0.4, 0.5) is 10.1 Å². The number of carbonyl (C=O) groups is 1. The van der Waals surface area contributed by atoms with Crippen molar-refractivity contribution < 1.29 is 13.6 Å². The summed E-state index contributed by atoms with van der Waals surface area (Å²) in [4.78, 5) is 17.6. The van der Waals surface area contributed by atoms with Crippen molar-refractivity contribution in [2.45, 2.75) is 19.9 Å². The third kappa shape index (κ3) is 3.14. The summed E-state index contributed by atoms with van der Waals surface area (Å²) in [5.74, 6) is -0.668. The van der Waals surface area contributed by atoms with Gasteiger partial charge in [0.15, 0.2) is 17.2 Å². The van der Waals surface area contributed by atoms with Crippen molar-refractivity contribution in [3.05, 3.63) is 65.3 Å². The Hall–Kier alpha value is -3.19. The highest BCUT2D eigenvalue weighted by molar-refractivity contribution is 6.31. The Morgan fingerprint density at radius 2 is 2.11 bits per heavy atom. The SMILES string of the molecule is CC(C)n1ncc2c(C(=O)Nc3cccc(Cl)c3F)cc(-c3ccco3)nc21. The van der Waals surface area contributed by atoms with E-state index in [9.17, 15) is 9.18 Å². The molecule has 0 fully saturated rings. The molecule has 1 amide bonds. The van der Waals surface area contributed by atoms with Crippen molar-refractivity contribution in [2.75, 3.05) is 5.32 Å². The average molecular weight is 399 g/mol. The molecule has 0 radical (unpaired) electrons. The molecule has 142 valence electrons. The van der Waals surface area contributed by atoms with Crippen LogP contribution >= 0.6 is 11.6 Å². The van der Waals surface area contributed by atoms with Crippen molar-refractivity contribution >= 4 is 34.2 Å². The van der Waals surface area contributed by atoms with E-state index in [1.54, 1.807) is 35.1 Å². The number of anilines is 1. The van der Waals surface area contributed by atoms with Gasteiger partial charge in [0.05, 0.1) is 34.1 Å². The first-order valence-electron chi connectivity index (χ1n) is 8.63. The number of nitrogens with one attached hydrogen (secondary N) is 1. The lowest BCUT2D eigenvalue weighted by Crippen LogP contribution is -2.14. The highest BCUT2D eigenvalue weighted by atomic mass is 35.5. The molecule has 6 nitrogen and oxygen atoms in total. The molecule has 0 spiro atoms. The molecule has 0 atom stereocenters. The van der Waals surface area contributed by atoms with Gasteiger partial charge in [0, 0.05) is 6.04 Å². The summed E-state index contributed by atoms with van der Waals surface area (Å²) in [6, 6.07) is 9.56. The Labute approximate surface area is 164 Å². The van der Waals surface area contributed by atoms with E-state index in [0.717, 1.165) is 0 Å². The number of aromatic nitrogens is 3. The summed E-state index contributed by atoms with van der Waals surface area (Å²) >= 11 is 5.81. The van der Waals surface area contributed by atoms with Gasteiger partial charge < -0.3 is 9.73 Å². The van der Waals surface area contributed by atoms with Crippen molar-refractivity contribution in [3.8, 4) is 11.5 Å². The molecule has 3 heterocycles. The monoisotopic (exact) mass is 398 g/mol. The van der Waals surface area contributed by atoms with Crippen LogP contribution in [0.2, 0.25) is 5.02 Å². The molecule has 0 aliphatic rings. The van der Waals surface area contributed by atoms with Crippen molar-refractivity contribution in [1.29, 1.82) is 0 Å². The normalized spacial score (nSPS) is 11.3. The average Bonchev–Trinajstić information content (AvgIpc) is 3.34. The van der Waals surface area contributed by atoms with Crippen LogP contribution in [0.15, 0.2) is 53.3 Å². The quantitative estimate of drug-likeness (QED) is 0.505. The zero-order valence-electron chi connectivity index (χ0n) is 15.1. The van der Waals surface area contributed by atoms with Gasteiger partial charge in [0.2, 0.25) is 0 Å². The third-order valence-electron chi connectivity index (χ3n) is 4.27. The molecule has 0 saturated carbocycles. The Balaban J connectivity index is 1.85. The number of rotatable bonds is 4. The number of nitrogens with zero attached hydrogens (tertiary/aromatic N) is 3. The standard InChI is InChI=1S/C20H16ClFN4O2/c1-11(2)26-19-13(10-23-26)12(9-16(24-19)17-7-4-8-28-17)20(27)25-15-6-3-5-14(21)18(15)22/h3-11H,1-2H3,(H,25,27). The van der Waals surface area contributed by atoms with Crippen molar-refractivity contribution in [1.82, 2.24) is 14.8 Å². The second-order valence-corrected chi connectivity index (χ2v) is 6.92. The molecule has 0 aliphatic carbocycles. The number of halogens is 2. The summed E-state index contributed by atoms with van der Waals surface area (Å²) in [5.41, 5.74) is 1.33. The summed E-state index contributed by atoms with van der Waals surface area (Å²) in [6.07, 6.45) is 3.11. The predicted octanol–water partition coefficient (Wildman–Crippen LogP) is 5.32. The van der Waals surface area contributed by atoms with Gasteiger partial charge in [-0.15, -0.1) is 0 Å². The highest BCUT2D eigenvalue weighted by Crippen LogP contribution is 2.28. The minimum Gasteiger partial charge on any atom is -0.463 e. The van der Waals surface area contributed by atoms with Crippen LogP contribution in [0.1, 0.15) is 30.2 Å². The number of hydrogen-bond acceptors (Lipinski definition) is 4. The van der Waals surface area contributed by atoms with Crippen LogP contribution in [-0.4, -0.2) is 20.7 Å². The molecule has 0 bridgehead atoms. The van der Waals surface area contributed by atoms with E-state index in [-0.39, 0.29) is 16.8 Å². The fourth-order valence-electron chi connectivity index (χ4n) is 2.92. The molecule has 4 aromatic rings. The summed E-state index contributed by atoms with van der Waals surface area (Å²) in [6.45, 7) is 3.93. The van der Waals surface area contributed by atoms with E-state index in [1.165, 1.54) is 18.4 Å². The number of pyridine rings is 1. The van der Waals surface area contributed by atoms with Crippen molar-refractivity contribution in [3.63, 3.8) is 0 Å². The first kappa shape index (κ1) is 18.2. The Kier molecular flexibility index (Phi) is 4.60. The second kappa shape index (κ2) is 7.09. The lowest BCUT2D eigenvalue weighted by molar-refractivity contribution is 0.102. The molecule has 1 aromatic carbocycles. The van der Waals surface area contributed by atoms with Crippen molar-refractivity contribution in [2.24, 2.45) is 0 Å². The number of carbonyl (C=O) groups excluding carboxylic acids is 1. The number of fused-ring (bicyclic) bond motifs is 1. The molecule has 0 aliphatic heterocycles. The molecule has 8 heteroatoms. The van der Waals surface area contributed by atoms with Crippen LogP contribution in [0.3, 0.4) is 0 Å². The molecular weight excluding hydrogens is 383 g/mol. The largest absolute Gasteiger partial charge is 0.463 e. The number of furan rings is 1. The maximum atomic E-state index is 14.2. The summed E-state index contributed by atoms with van der Waals surface area (Å²) < 4.78 is 21.4. The van der Waals surface area contributed by atoms with Crippen LogP contribution in [-0.2, 0) is 0 Å². The van der Waals surface area contributed by atoms with E-state index in [1.807, 2.05) is 13.8 Å². The number of amides is 1. The lowest BCUT2D eigenvalue weighted by atomic mass is 10.1. The van der Waals surface area contributed by atoms with Crippen LogP contribution < -0.4 is 5.32 Å².